The van der Waals surface area contributed by atoms with E-state index in [0.717, 1.165) is 35.5 Å². The molecule has 2 rings (SSSR count). The van der Waals surface area contributed by atoms with E-state index in [2.05, 4.69) is 16.8 Å². The zero-order valence-corrected chi connectivity index (χ0v) is 17.4. The van der Waals surface area contributed by atoms with Crippen LogP contribution in [0.1, 0.15) is 42.8 Å². The molecule has 152 valence electrons. The van der Waals surface area contributed by atoms with Gasteiger partial charge in [0.05, 0.1) is 0 Å². The quantitative estimate of drug-likeness (QED) is 0.421. The predicted molar refractivity (Wildman–Crippen MR) is 112 cm³/mol. The van der Waals surface area contributed by atoms with Crippen LogP contribution in [0.5, 0.6) is 0 Å². The molecule has 0 spiro atoms. The second-order valence-electron chi connectivity index (χ2n) is 6.90. The number of rotatable bonds is 8. The third kappa shape index (κ3) is 5.82. The minimum atomic E-state index is -1.00. The zero-order chi connectivity index (χ0) is 21.4. The van der Waals surface area contributed by atoms with Crippen molar-refractivity contribution in [3.05, 3.63) is 64.5 Å². The molecule has 0 aliphatic rings. The number of esters is 1. The van der Waals surface area contributed by atoms with Crippen molar-refractivity contribution >= 4 is 18.0 Å². The molecule has 1 atom stereocenters. The summed E-state index contributed by atoms with van der Waals surface area (Å²) in [4.78, 5) is 24.6. The molecule has 6 nitrogen and oxygen atoms in total. The van der Waals surface area contributed by atoms with Gasteiger partial charge in [-0.15, -0.1) is 0 Å². The highest BCUT2D eigenvalue weighted by Crippen LogP contribution is 2.19. The van der Waals surface area contributed by atoms with Crippen LogP contribution >= 0.6 is 0 Å². The number of aromatic nitrogens is 1. The standard InChI is InChI=1S/C23H27N3O3/c1-5-11-26-16(2)12-20(17(26)3)13-21(14-24)23(28)29-18(4)22(27)25-15-19-9-7-6-8-10-19/h6-10,12-13,18H,5,11,15H2,1-4H3,(H,25,27)/b21-13+/t18-/m0/s1. The summed E-state index contributed by atoms with van der Waals surface area (Å²) < 4.78 is 7.35. The van der Waals surface area contributed by atoms with Crippen LogP contribution in [0.25, 0.3) is 6.08 Å². The Morgan fingerprint density at radius 3 is 2.59 bits per heavy atom. The molecule has 0 unspecified atom stereocenters. The Kier molecular flexibility index (Phi) is 7.79. The van der Waals surface area contributed by atoms with Gasteiger partial charge in [0.25, 0.3) is 5.91 Å². The van der Waals surface area contributed by atoms with Crippen molar-refractivity contribution in [3.63, 3.8) is 0 Å². The predicted octanol–water partition coefficient (Wildman–Crippen LogP) is 3.67. The van der Waals surface area contributed by atoms with E-state index in [1.54, 1.807) is 0 Å². The third-order valence-corrected chi connectivity index (χ3v) is 4.66. The molecule has 0 bridgehead atoms. The van der Waals surface area contributed by atoms with Crippen LogP contribution in [0, 0.1) is 25.2 Å². The summed E-state index contributed by atoms with van der Waals surface area (Å²) in [5, 5.41) is 12.1. The second-order valence-corrected chi connectivity index (χ2v) is 6.90. The summed E-state index contributed by atoms with van der Waals surface area (Å²) in [6.07, 6.45) is 1.50. The lowest BCUT2D eigenvalue weighted by Crippen LogP contribution is -2.35. The Morgan fingerprint density at radius 1 is 1.28 bits per heavy atom. The molecule has 0 aliphatic carbocycles. The Bertz CT molecular complexity index is 936. The number of benzene rings is 1. The second kappa shape index (κ2) is 10.3. The molecule has 1 N–H and O–H groups in total. The maximum Gasteiger partial charge on any atom is 0.349 e. The first-order valence-electron chi connectivity index (χ1n) is 9.68. The number of carbonyl (C=O) groups is 2. The topological polar surface area (TPSA) is 84.1 Å². The van der Waals surface area contributed by atoms with E-state index in [0.29, 0.717) is 6.54 Å². The summed E-state index contributed by atoms with van der Waals surface area (Å²) in [6.45, 7) is 8.73. The number of carbonyl (C=O) groups excluding carboxylic acids is 2. The lowest BCUT2D eigenvalue weighted by atomic mass is 10.1. The fraction of sp³-hybridized carbons (Fsp3) is 0.348. The van der Waals surface area contributed by atoms with Gasteiger partial charge in [-0.25, -0.2) is 4.79 Å². The van der Waals surface area contributed by atoms with E-state index >= 15 is 0 Å². The van der Waals surface area contributed by atoms with Crippen molar-refractivity contribution in [2.45, 2.75) is 53.3 Å². The summed E-state index contributed by atoms with van der Waals surface area (Å²) >= 11 is 0. The minimum absolute atomic E-state index is 0.135. The van der Waals surface area contributed by atoms with Gasteiger partial charge in [0.1, 0.15) is 11.6 Å². The minimum Gasteiger partial charge on any atom is -0.448 e. The average Bonchev–Trinajstić information content (AvgIpc) is 2.98. The third-order valence-electron chi connectivity index (χ3n) is 4.66. The number of amides is 1. The van der Waals surface area contributed by atoms with Crippen molar-refractivity contribution in [2.24, 2.45) is 0 Å². The molecule has 29 heavy (non-hydrogen) atoms. The van der Waals surface area contributed by atoms with E-state index in [9.17, 15) is 14.9 Å². The van der Waals surface area contributed by atoms with Gasteiger partial charge < -0.3 is 14.6 Å². The van der Waals surface area contributed by atoms with Crippen molar-refractivity contribution in [3.8, 4) is 6.07 Å². The first-order chi connectivity index (χ1) is 13.9. The van der Waals surface area contributed by atoms with Crippen LogP contribution in [0.15, 0.2) is 42.0 Å². The molecular formula is C23H27N3O3. The maximum atomic E-state index is 12.4. The zero-order valence-electron chi connectivity index (χ0n) is 17.4. The van der Waals surface area contributed by atoms with E-state index in [4.69, 9.17) is 4.74 Å². The molecular weight excluding hydrogens is 366 g/mol. The fourth-order valence-corrected chi connectivity index (χ4v) is 3.04. The van der Waals surface area contributed by atoms with Crippen molar-refractivity contribution in [1.29, 1.82) is 5.26 Å². The Labute approximate surface area is 171 Å². The molecule has 0 radical (unpaired) electrons. The van der Waals surface area contributed by atoms with E-state index in [1.165, 1.54) is 13.0 Å². The van der Waals surface area contributed by atoms with Gasteiger partial charge >= 0.3 is 5.97 Å². The number of nitriles is 1. The summed E-state index contributed by atoms with van der Waals surface area (Å²) in [5.74, 6) is -1.23. The molecule has 1 aromatic carbocycles. The van der Waals surface area contributed by atoms with Gasteiger partial charge in [0.15, 0.2) is 6.10 Å². The lowest BCUT2D eigenvalue weighted by molar-refractivity contribution is -0.150. The molecule has 1 heterocycles. The number of hydrogen-bond acceptors (Lipinski definition) is 4. The Balaban J connectivity index is 2.03. The van der Waals surface area contributed by atoms with Gasteiger partial charge in [0, 0.05) is 24.5 Å². The molecule has 6 heteroatoms. The SMILES string of the molecule is CCCn1c(C)cc(/C=C(\C#N)C(=O)O[C@@H](C)C(=O)NCc2ccccc2)c1C. The van der Waals surface area contributed by atoms with Crippen LogP contribution in [0.3, 0.4) is 0 Å². The van der Waals surface area contributed by atoms with Crippen LogP contribution in [-0.2, 0) is 27.4 Å². The van der Waals surface area contributed by atoms with Crippen molar-refractivity contribution in [2.75, 3.05) is 0 Å². The lowest BCUT2D eigenvalue weighted by Gasteiger charge is -2.13. The molecule has 1 amide bonds. The Morgan fingerprint density at radius 2 is 1.97 bits per heavy atom. The number of nitrogens with one attached hydrogen (secondary N) is 1. The fourth-order valence-electron chi connectivity index (χ4n) is 3.04. The molecule has 2 aromatic rings. The molecule has 1 aromatic heterocycles. The van der Waals surface area contributed by atoms with Crippen LogP contribution in [0.4, 0.5) is 0 Å². The summed E-state index contributed by atoms with van der Waals surface area (Å²) in [5.41, 5.74) is 3.66. The summed E-state index contributed by atoms with van der Waals surface area (Å²) in [6, 6.07) is 13.3. The molecule has 0 aliphatic heterocycles. The normalized spacial score (nSPS) is 12.2. The van der Waals surface area contributed by atoms with E-state index in [-0.39, 0.29) is 5.57 Å². The largest absolute Gasteiger partial charge is 0.448 e. The summed E-state index contributed by atoms with van der Waals surface area (Å²) in [7, 11) is 0. The molecule has 0 fully saturated rings. The molecule has 0 saturated carbocycles. The number of ether oxygens (including phenoxy) is 1. The van der Waals surface area contributed by atoms with Gasteiger partial charge in [-0.05, 0) is 50.5 Å². The average molecular weight is 393 g/mol. The number of hydrogen-bond donors (Lipinski definition) is 1. The smallest absolute Gasteiger partial charge is 0.349 e. The van der Waals surface area contributed by atoms with Crippen molar-refractivity contribution in [1.82, 2.24) is 9.88 Å². The van der Waals surface area contributed by atoms with Gasteiger partial charge in [-0.1, -0.05) is 37.3 Å². The van der Waals surface area contributed by atoms with Gasteiger partial charge in [0.2, 0.25) is 0 Å². The van der Waals surface area contributed by atoms with Crippen LogP contribution in [-0.4, -0.2) is 22.5 Å². The van der Waals surface area contributed by atoms with Crippen LogP contribution < -0.4 is 5.32 Å². The maximum absolute atomic E-state index is 12.4. The highest BCUT2D eigenvalue weighted by molar-refractivity contribution is 5.99. The number of aryl methyl sites for hydroxylation is 1. The highest BCUT2D eigenvalue weighted by Gasteiger charge is 2.21. The van der Waals surface area contributed by atoms with E-state index < -0.39 is 18.0 Å². The first kappa shape index (κ1) is 22.0. The van der Waals surface area contributed by atoms with Gasteiger partial charge in [-0.2, -0.15) is 5.26 Å². The number of nitrogens with zero attached hydrogens (tertiary/aromatic N) is 2. The first-order valence-corrected chi connectivity index (χ1v) is 9.68. The van der Waals surface area contributed by atoms with Gasteiger partial charge in [-0.3, -0.25) is 4.79 Å². The Hall–Kier alpha value is -3.33. The molecule has 0 saturated heterocycles. The van der Waals surface area contributed by atoms with Crippen LogP contribution in [0.2, 0.25) is 0 Å². The highest BCUT2D eigenvalue weighted by atomic mass is 16.5. The monoisotopic (exact) mass is 393 g/mol. The van der Waals surface area contributed by atoms with E-state index in [1.807, 2.05) is 56.3 Å². The van der Waals surface area contributed by atoms with Crippen molar-refractivity contribution < 1.29 is 14.3 Å².